The fraction of sp³-hybridized carbons (Fsp3) is 0.750. The molecule has 0 aliphatic heterocycles. The van der Waals surface area contributed by atoms with Gasteiger partial charge in [-0.05, 0) is 27.2 Å². The van der Waals surface area contributed by atoms with E-state index in [0.717, 1.165) is 0 Å². The Balaban J connectivity index is 3.05. The van der Waals surface area contributed by atoms with E-state index in [-0.39, 0.29) is 18.9 Å². The first-order valence-electron chi connectivity index (χ1n) is 8.10. The number of carbonyl (C=O) groups is 4. The largest absolute Gasteiger partial charge is 0.481 e. The van der Waals surface area contributed by atoms with Crippen LogP contribution in [0.25, 0.3) is 0 Å². The number of carbonyl (C=O) groups excluding carboxylic acids is 3. The van der Waals surface area contributed by atoms with E-state index in [1.165, 1.54) is 11.8 Å². The summed E-state index contributed by atoms with van der Waals surface area (Å²) in [5.41, 5.74) is -0.729. The molecule has 0 saturated heterocycles. The van der Waals surface area contributed by atoms with Gasteiger partial charge in [0.15, 0.2) is 0 Å². The minimum Gasteiger partial charge on any atom is -0.481 e. The first-order valence-corrected chi connectivity index (χ1v) is 8.10. The number of carboxylic acid groups (broad SMARTS) is 1. The van der Waals surface area contributed by atoms with Crippen LogP contribution in [0.5, 0.6) is 0 Å². The Kier molecular flexibility index (Phi) is 6.78. The molecule has 0 aromatic carbocycles. The number of hydrogen-bond donors (Lipinski definition) is 3. The van der Waals surface area contributed by atoms with Gasteiger partial charge in [-0.15, -0.1) is 0 Å². The topological polar surface area (TPSA) is 125 Å². The predicted molar refractivity (Wildman–Crippen MR) is 88.7 cm³/mol. The minimum atomic E-state index is -1.07. The van der Waals surface area contributed by atoms with Gasteiger partial charge in [0.1, 0.15) is 5.60 Å². The highest BCUT2D eigenvalue weighted by molar-refractivity contribution is 5.75. The summed E-state index contributed by atoms with van der Waals surface area (Å²) in [7, 11) is 1.55. The highest BCUT2D eigenvalue weighted by atomic mass is 16.6. The minimum absolute atomic E-state index is 0.141. The van der Waals surface area contributed by atoms with Crippen molar-refractivity contribution in [2.45, 2.75) is 51.8 Å². The molecule has 4 atom stereocenters. The first kappa shape index (κ1) is 20.7. The van der Waals surface area contributed by atoms with Gasteiger partial charge in [-0.25, -0.2) is 4.79 Å². The Morgan fingerprint density at radius 2 is 1.92 bits per heavy atom. The lowest BCUT2D eigenvalue weighted by Gasteiger charge is -2.30. The Morgan fingerprint density at radius 1 is 1.32 bits per heavy atom. The van der Waals surface area contributed by atoms with Crippen molar-refractivity contribution in [2.75, 3.05) is 13.6 Å². The molecule has 1 saturated carbocycles. The van der Waals surface area contributed by atoms with Crippen LogP contribution in [-0.2, 0) is 19.1 Å². The predicted octanol–water partition coefficient (Wildman–Crippen LogP) is 0.193. The Bertz CT molecular complexity index is 530. The van der Waals surface area contributed by atoms with Crippen molar-refractivity contribution < 1.29 is 29.0 Å². The molecular formula is C16H27N3O6. The van der Waals surface area contributed by atoms with Gasteiger partial charge in [0.2, 0.25) is 12.3 Å². The van der Waals surface area contributed by atoms with Gasteiger partial charge in [-0.3, -0.25) is 14.4 Å². The number of rotatable bonds is 6. The Labute approximate surface area is 147 Å². The van der Waals surface area contributed by atoms with E-state index in [1.807, 2.05) is 0 Å². The van der Waals surface area contributed by atoms with Crippen LogP contribution in [-0.4, -0.2) is 65.7 Å². The lowest BCUT2D eigenvalue weighted by atomic mass is 9.96. The molecule has 0 bridgehead atoms. The van der Waals surface area contributed by atoms with Gasteiger partial charge in [-0.1, -0.05) is 0 Å². The normalized spacial score (nSPS) is 25.8. The molecular weight excluding hydrogens is 330 g/mol. The van der Waals surface area contributed by atoms with E-state index in [1.54, 1.807) is 27.8 Å². The van der Waals surface area contributed by atoms with Crippen LogP contribution in [0.1, 0.15) is 34.1 Å². The molecule has 25 heavy (non-hydrogen) atoms. The van der Waals surface area contributed by atoms with E-state index >= 15 is 0 Å². The maximum atomic E-state index is 12.1. The molecule has 3 N–H and O–H groups in total. The Hall–Kier alpha value is -2.32. The number of alkyl carbamates (subject to hydrolysis) is 1. The van der Waals surface area contributed by atoms with E-state index in [2.05, 4.69) is 10.6 Å². The van der Waals surface area contributed by atoms with Crippen LogP contribution in [0.2, 0.25) is 0 Å². The quantitative estimate of drug-likeness (QED) is 0.583. The highest BCUT2D eigenvalue weighted by Gasteiger charge is 2.49. The van der Waals surface area contributed by atoms with Crippen molar-refractivity contribution in [3.63, 3.8) is 0 Å². The van der Waals surface area contributed by atoms with E-state index in [9.17, 15) is 24.3 Å². The number of nitrogens with zero attached hydrogens (tertiary/aromatic N) is 1. The van der Waals surface area contributed by atoms with Gasteiger partial charge in [0.25, 0.3) is 0 Å². The van der Waals surface area contributed by atoms with Crippen LogP contribution >= 0.6 is 0 Å². The fourth-order valence-corrected chi connectivity index (χ4v) is 3.10. The SMILES string of the molecule is CC(=O)NC[C@@H]1[C@H](NC(=O)OC(C)(C)C)[C@@H](C(=O)O)C[C@H]1N(C)C=O. The summed E-state index contributed by atoms with van der Waals surface area (Å²) in [6.45, 7) is 6.59. The van der Waals surface area contributed by atoms with E-state index in [0.29, 0.717) is 6.41 Å². The summed E-state index contributed by atoms with van der Waals surface area (Å²) in [5.74, 6) is -2.69. The molecule has 0 spiro atoms. The summed E-state index contributed by atoms with van der Waals surface area (Å²) in [6.07, 6.45) is 0.0566. The highest BCUT2D eigenvalue weighted by Crippen LogP contribution is 2.34. The van der Waals surface area contributed by atoms with E-state index in [4.69, 9.17) is 4.74 Å². The maximum absolute atomic E-state index is 12.1. The van der Waals surface area contributed by atoms with Crippen molar-refractivity contribution in [3.05, 3.63) is 0 Å². The van der Waals surface area contributed by atoms with Crippen molar-refractivity contribution in [2.24, 2.45) is 11.8 Å². The maximum Gasteiger partial charge on any atom is 0.407 e. The van der Waals surface area contributed by atoms with Crippen LogP contribution in [0, 0.1) is 11.8 Å². The van der Waals surface area contributed by atoms with Gasteiger partial charge >= 0.3 is 12.1 Å². The molecule has 1 aliphatic rings. The number of aliphatic carboxylic acids is 1. The summed E-state index contributed by atoms with van der Waals surface area (Å²) in [6, 6.07) is -1.20. The zero-order chi connectivity index (χ0) is 19.4. The second-order valence-electron chi connectivity index (χ2n) is 7.29. The molecule has 0 heterocycles. The molecule has 9 nitrogen and oxygen atoms in total. The van der Waals surface area contributed by atoms with Gasteiger partial charge in [0.05, 0.1) is 12.0 Å². The van der Waals surface area contributed by atoms with Crippen molar-refractivity contribution >= 4 is 24.4 Å². The third-order valence-electron chi connectivity index (χ3n) is 4.16. The lowest BCUT2D eigenvalue weighted by molar-refractivity contribution is -0.142. The number of amides is 3. The molecule has 0 aromatic heterocycles. The van der Waals surface area contributed by atoms with Crippen LogP contribution in [0.4, 0.5) is 4.79 Å². The number of carboxylic acids is 1. The van der Waals surface area contributed by atoms with Gasteiger partial charge in [-0.2, -0.15) is 0 Å². The summed E-state index contributed by atoms with van der Waals surface area (Å²) < 4.78 is 5.21. The smallest absolute Gasteiger partial charge is 0.407 e. The summed E-state index contributed by atoms with van der Waals surface area (Å²) >= 11 is 0. The number of hydrogen-bond acceptors (Lipinski definition) is 5. The molecule has 1 aliphatic carbocycles. The van der Waals surface area contributed by atoms with Crippen LogP contribution in [0.15, 0.2) is 0 Å². The van der Waals surface area contributed by atoms with Crippen LogP contribution < -0.4 is 10.6 Å². The van der Waals surface area contributed by atoms with E-state index < -0.39 is 41.6 Å². The fourth-order valence-electron chi connectivity index (χ4n) is 3.10. The molecule has 0 radical (unpaired) electrons. The number of ether oxygens (including phenoxy) is 1. The molecule has 0 aromatic rings. The average Bonchev–Trinajstić information content (AvgIpc) is 2.80. The Morgan fingerprint density at radius 3 is 2.36 bits per heavy atom. The van der Waals surface area contributed by atoms with Crippen LogP contribution in [0.3, 0.4) is 0 Å². The third-order valence-corrected chi connectivity index (χ3v) is 4.16. The lowest BCUT2D eigenvalue weighted by Crippen LogP contribution is -2.51. The molecule has 142 valence electrons. The second kappa shape index (κ2) is 8.17. The van der Waals surface area contributed by atoms with Gasteiger partial charge < -0.3 is 25.4 Å². The van der Waals surface area contributed by atoms with Gasteiger partial charge in [0, 0.05) is 32.5 Å². The monoisotopic (exact) mass is 357 g/mol. The molecule has 0 unspecified atom stereocenters. The molecule has 1 rings (SSSR count). The molecule has 3 amide bonds. The molecule has 9 heteroatoms. The third kappa shape index (κ3) is 5.91. The zero-order valence-corrected chi connectivity index (χ0v) is 15.2. The summed E-state index contributed by atoms with van der Waals surface area (Å²) in [4.78, 5) is 47.5. The van der Waals surface area contributed by atoms with Crippen molar-refractivity contribution in [1.82, 2.24) is 15.5 Å². The number of nitrogens with one attached hydrogen (secondary N) is 2. The second-order valence-corrected chi connectivity index (χ2v) is 7.29. The first-order chi connectivity index (χ1) is 11.5. The van der Waals surface area contributed by atoms with Crippen molar-refractivity contribution in [3.8, 4) is 0 Å². The standard InChI is InChI=1S/C16H27N3O6/c1-9(21)17-7-11-12(19(5)8-20)6-10(14(22)23)13(11)18-15(24)25-16(2,3)4/h8,10-13H,6-7H2,1-5H3,(H,17,21)(H,18,24)(H,22,23)/t10-,11-,12+,13+/m0/s1. The van der Waals surface area contributed by atoms with Crippen molar-refractivity contribution in [1.29, 1.82) is 0 Å². The summed E-state index contributed by atoms with van der Waals surface area (Å²) in [5, 5.41) is 14.8. The zero-order valence-electron chi connectivity index (χ0n) is 15.2. The molecule has 1 fully saturated rings. The average molecular weight is 357 g/mol.